The van der Waals surface area contributed by atoms with Gasteiger partial charge in [0.15, 0.2) is 0 Å². The van der Waals surface area contributed by atoms with Gasteiger partial charge in [-0.1, -0.05) is 18.2 Å². The Kier molecular flexibility index (Phi) is 6.04. The maximum atomic E-state index is 12.1. The fourth-order valence-electron chi connectivity index (χ4n) is 1.50. The molecule has 0 saturated carbocycles. The van der Waals surface area contributed by atoms with E-state index >= 15 is 0 Å². The summed E-state index contributed by atoms with van der Waals surface area (Å²) in [7, 11) is 0. The molecular formula is C13H17NO4. The zero-order valence-electron chi connectivity index (χ0n) is 10.3. The van der Waals surface area contributed by atoms with Gasteiger partial charge in [0.05, 0.1) is 26.4 Å². The monoisotopic (exact) mass is 251 g/mol. The van der Waals surface area contributed by atoms with Crippen molar-refractivity contribution in [1.29, 1.82) is 0 Å². The van der Waals surface area contributed by atoms with Gasteiger partial charge in [-0.05, 0) is 18.6 Å². The summed E-state index contributed by atoms with van der Waals surface area (Å²) in [5.74, 6) is -0.337. The van der Waals surface area contributed by atoms with E-state index in [1.165, 1.54) is 0 Å². The third-order valence-corrected chi connectivity index (χ3v) is 2.48. The van der Waals surface area contributed by atoms with Gasteiger partial charge in [0, 0.05) is 5.56 Å². The number of ether oxygens (including phenoxy) is 1. The molecule has 0 fully saturated rings. The predicted octanol–water partition coefficient (Wildman–Crippen LogP) is 0.603. The van der Waals surface area contributed by atoms with Crippen molar-refractivity contribution in [2.24, 2.45) is 0 Å². The molecule has 0 unspecified atom stereocenters. The summed E-state index contributed by atoms with van der Waals surface area (Å²) in [6.45, 7) is 2.34. The third-order valence-electron chi connectivity index (χ3n) is 2.48. The van der Waals surface area contributed by atoms with Gasteiger partial charge in [-0.3, -0.25) is 14.5 Å². The minimum Gasteiger partial charge on any atom is -0.394 e. The molecule has 2 amide bonds. The quantitative estimate of drug-likeness (QED) is 0.569. The number of hydrogen-bond acceptors (Lipinski definition) is 4. The summed E-state index contributed by atoms with van der Waals surface area (Å²) in [4.78, 5) is 24.0. The van der Waals surface area contributed by atoms with Crippen molar-refractivity contribution in [1.82, 2.24) is 4.90 Å². The van der Waals surface area contributed by atoms with Crippen molar-refractivity contribution in [2.75, 3.05) is 26.4 Å². The summed E-state index contributed by atoms with van der Waals surface area (Å²) in [5, 5.41) is 8.54. The van der Waals surface area contributed by atoms with Crippen molar-refractivity contribution in [2.45, 2.75) is 6.92 Å². The number of aliphatic hydroxyl groups excluding tert-OH is 1. The molecular weight excluding hydrogens is 234 g/mol. The zero-order chi connectivity index (χ0) is 13.4. The Bertz CT molecular complexity index is 406. The van der Waals surface area contributed by atoms with Crippen LogP contribution < -0.4 is 0 Å². The Morgan fingerprint density at radius 3 is 2.72 bits per heavy atom. The molecule has 0 bridgehead atoms. The molecule has 0 saturated heterocycles. The molecule has 0 heterocycles. The van der Waals surface area contributed by atoms with E-state index in [0.29, 0.717) is 12.0 Å². The zero-order valence-corrected chi connectivity index (χ0v) is 10.3. The molecule has 0 aliphatic rings. The third kappa shape index (κ3) is 3.94. The summed E-state index contributed by atoms with van der Waals surface area (Å²) in [6, 6.07) is 7.09. The lowest BCUT2D eigenvalue weighted by Gasteiger charge is -2.16. The molecule has 0 aliphatic carbocycles. The van der Waals surface area contributed by atoms with Gasteiger partial charge in [0.2, 0.25) is 6.41 Å². The molecule has 0 aromatic heterocycles. The van der Waals surface area contributed by atoms with Crippen LogP contribution in [0.4, 0.5) is 0 Å². The standard InChI is InChI=1S/C13H17NO4/c1-11-4-2-3-5-12(11)13(17)14(10-16)6-8-18-9-7-15/h2-5,10,15H,6-9H2,1H3. The Hall–Kier alpha value is -1.72. The number of amides is 2. The lowest BCUT2D eigenvalue weighted by Crippen LogP contribution is -2.33. The maximum absolute atomic E-state index is 12.1. The second-order valence-corrected chi connectivity index (χ2v) is 3.75. The highest BCUT2D eigenvalue weighted by molar-refractivity contribution is 6.00. The molecule has 0 spiro atoms. The highest BCUT2D eigenvalue weighted by Crippen LogP contribution is 2.09. The molecule has 0 aliphatic heterocycles. The van der Waals surface area contributed by atoms with Crippen LogP contribution in [0.15, 0.2) is 24.3 Å². The van der Waals surface area contributed by atoms with Gasteiger partial charge < -0.3 is 9.84 Å². The fraction of sp³-hybridized carbons (Fsp3) is 0.385. The Morgan fingerprint density at radius 2 is 2.11 bits per heavy atom. The van der Waals surface area contributed by atoms with Gasteiger partial charge in [0.25, 0.3) is 5.91 Å². The minimum atomic E-state index is -0.337. The lowest BCUT2D eigenvalue weighted by molar-refractivity contribution is -0.116. The van der Waals surface area contributed by atoms with Gasteiger partial charge in [-0.25, -0.2) is 0 Å². The van der Waals surface area contributed by atoms with E-state index in [2.05, 4.69) is 0 Å². The van der Waals surface area contributed by atoms with E-state index in [1.54, 1.807) is 12.1 Å². The first-order valence-corrected chi connectivity index (χ1v) is 5.71. The summed E-state index contributed by atoms with van der Waals surface area (Å²) in [5.41, 5.74) is 1.33. The van der Waals surface area contributed by atoms with E-state index in [4.69, 9.17) is 9.84 Å². The molecule has 1 rings (SSSR count). The van der Waals surface area contributed by atoms with E-state index in [0.717, 1.165) is 10.5 Å². The van der Waals surface area contributed by atoms with Crippen LogP contribution in [0.3, 0.4) is 0 Å². The summed E-state index contributed by atoms with van der Waals surface area (Å²) >= 11 is 0. The maximum Gasteiger partial charge on any atom is 0.260 e. The fourth-order valence-corrected chi connectivity index (χ4v) is 1.50. The average molecular weight is 251 g/mol. The van der Waals surface area contributed by atoms with Crippen LogP contribution >= 0.6 is 0 Å². The molecule has 0 atom stereocenters. The normalized spacial score (nSPS) is 10.1. The molecule has 1 aromatic carbocycles. The Labute approximate surface area is 106 Å². The van der Waals surface area contributed by atoms with Crippen LogP contribution in [0.25, 0.3) is 0 Å². The largest absolute Gasteiger partial charge is 0.394 e. The molecule has 1 N–H and O–H groups in total. The topological polar surface area (TPSA) is 66.8 Å². The van der Waals surface area contributed by atoms with Gasteiger partial charge >= 0.3 is 0 Å². The lowest BCUT2D eigenvalue weighted by atomic mass is 10.1. The smallest absolute Gasteiger partial charge is 0.260 e. The number of aliphatic hydroxyl groups is 1. The second kappa shape index (κ2) is 7.58. The first-order valence-electron chi connectivity index (χ1n) is 5.71. The van der Waals surface area contributed by atoms with Gasteiger partial charge in [-0.15, -0.1) is 0 Å². The number of carbonyl (C=O) groups excluding carboxylic acids is 2. The first-order chi connectivity index (χ1) is 8.70. The number of imide groups is 1. The summed E-state index contributed by atoms with van der Waals surface area (Å²) < 4.78 is 5.03. The molecule has 5 heteroatoms. The first kappa shape index (κ1) is 14.3. The van der Waals surface area contributed by atoms with Crippen molar-refractivity contribution >= 4 is 12.3 Å². The molecule has 18 heavy (non-hydrogen) atoms. The second-order valence-electron chi connectivity index (χ2n) is 3.75. The van der Waals surface area contributed by atoms with Gasteiger partial charge in [-0.2, -0.15) is 0 Å². The molecule has 98 valence electrons. The highest BCUT2D eigenvalue weighted by Gasteiger charge is 2.16. The molecule has 1 aromatic rings. The van der Waals surface area contributed by atoms with Crippen LogP contribution in [-0.2, 0) is 9.53 Å². The number of nitrogens with zero attached hydrogens (tertiary/aromatic N) is 1. The Morgan fingerprint density at radius 1 is 1.39 bits per heavy atom. The van der Waals surface area contributed by atoms with E-state index in [-0.39, 0.29) is 32.3 Å². The average Bonchev–Trinajstić information content (AvgIpc) is 2.39. The van der Waals surface area contributed by atoms with Crippen molar-refractivity contribution in [3.8, 4) is 0 Å². The number of aryl methyl sites for hydroxylation is 1. The van der Waals surface area contributed by atoms with Crippen LogP contribution in [0.2, 0.25) is 0 Å². The number of carbonyl (C=O) groups is 2. The van der Waals surface area contributed by atoms with E-state index in [9.17, 15) is 9.59 Å². The van der Waals surface area contributed by atoms with Crippen molar-refractivity contribution in [3.63, 3.8) is 0 Å². The van der Waals surface area contributed by atoms with E-state index in [1.807, 2.05) is 19.1 Å². The van der Waals surface area contributed by atoms with Crippen molar-refractivity contribution < 1.29 is 19.4 Å². The van der Waals surface area contributed by atoms with Gasteiger partial charge in [0.1, 0.15) is 0 Å². The minimum absolute atomic E-state index is 0.0766. The van der Waals surface area contributed by atoms with E-state index < -0.39 is 0 Å². The molecule has 5 nitrogen and oxygen atoms in total. The number of rotatable bonds is 7. The van der Waals surface area contributed by atoms with Crippen LogP contribution in [0.5, 0.6) is 0 Å². The molecule has 0 radical (unpaired) electrons. The number of hydrogen-bond donors (Lipinski definition) is 1. The van der Waals surface area contributed by atoms with Crippen LogP contribution in [0.1, 0.15) is 15.9 Å². The Balaban J connectivity index is 2.62. The van der Waals surface area contributed by atoms with Crippen LogP contribution in [0, 0.1) is 6.92 Å². The highest BCUT2D eigenvalue weighted by atomic mass is 16.5. The number of benzene rings is 1. The van der Waals surface area contributed by atoms with Crippen molar-refractivity contribution in [3.05, 3.63) is 35.4 Å². The van der Waals surface area contributed by atoms with Crippen LogP contribution in [-0.4, -0.2) is 48.7 Å². The summed E-state index contributed by atoms with van der Waals surface area (Å²) in [6.07, 6.45) is 0.497. The SMILES string of the molecule is Cc1ccccc1C(=O)N(C=O)CCOCCO. The predicted molar refractivity (Wildman–Crippen MR) is 66.2 cm³/mol.